The fourth-order valence-electron chi connectivity index (χ4n) is 3.45. The highest BCUT2D eigenvalue weighted by Gasteiger charge is 2.41. The summed E-state index contributed by atoms with van der Waals surface area (Å²) in [5.74, 6) is 1.84. The van der Waals surface area contributed by atoms with Crippen molar-refractivity contribution in [3.05, 3.63) is 21.7 Å². The average molecular weight is 340 g/mol. The minimum absolute atomic E-state index is 0.145. The normalized spacial score (nSPS) is 23.3. The maximum absolute atomic E-state index is 6.03. The van der Waals surface area contributed by atoms with E-state index >= 15 is 0 Å². The van der Waals surface area contributed by atoms with Gasteiger partial charge in [-0.1, -0.05) is 36.7 Å². The Kier molecular flexibility index (Phi) is 3.71. The summed E-state index contributed by atoms with van der Waals surface area (Å²) in [4.78, 5) is 0. The Balaban J connectivity index is 2.19. The number of benzene rings is 1. The molecule has 3 rings (SSSR count). The van der Waals surface area contributed by atoms with E-state index < -0.39 is 0 Å². The van der Waals surface area contributed by atoms with Crippen LogP contribution in [0.2, 0.25) is 0 Å². The first-order chi connectivity index (χ1) is 9.54. The molecule has 1 unspecified atom stereocenters. The smallest absolute Gasteiger partial charge is 0.166 e. The molecule has 1 aromatic carbocycles. The third-order valence-corrected chi connectivity index (χ3v) is 4.84. The number of rotatable bonds is 2. The summed E-state index contributed by atoms with van der Waals surface area (Å²) in [6.45, 7) is 9.19. The van der Waals surface area contributed by atoms with Gasteiger partial charge in [-0.2, -0.15) is 0 Å². The Morgan fingerprint density at radius 1 is 1.35 bits per heavy atom. The van der Waals surface area contributed by atoms with Gasteiger partial charge in [-0.05, 0) is 30.0 Å². The monoisotopic (exact) mass is 339 g/mol. The Hall–Kier alpha value is -0.740. The predicted octanol–water partition coefficient (Wildman–Crippen LogP) is 3.94. The van der Waals surface area contributed by atoms with Crippen LogP contribution in [-0.4, -0.2) is 19.8 Å². The summed E-state index contributed by atoms with van der Waals surface area (Å²) in [5, 5.41) is 3.60. The highest BCUT2D eigenvalue weighted by atomic mass is 79.9. The van der Waals surface area contributed by atoms with Crippen LogP contribution in [0.15, 0.2) is 10.5 Å². The molecule has 0 radical (unpaired) electrons. The first-order valence-electron chi connectivity index (χ1n) is 7.40. The molecule has 1 aliphatic carbocycles. The molecule has 1 atom stereocenters. The fraction of sp³-hybridized carbons (Fsp3) is 0.625. The van der Waals surface area contributed by atoms with E-state index in [2.05, 4.69) is 48.1 Å². The first kappa shape index (κ1) is 14.2. The van der Waals surface area contributed by atoms with Gasteiger partial charge in [0.25, 0.3) is 0 Å². The van der Waals surface area contributed by atoms with Crippen LogP contribution < -0.4 is 14.8 Å². The summed E-state index contributed by atoms with van der Waals surface area (Å²) in [6.07, 6.45) is 2.03. The van der Waals surface area contributed by atoms with Crippen molar-refractivity contribution in [1.29, 1.82) is 0 Å². The lowest BCUT2D eigenvalue weighted by atomic mass is 9.86. The molecule has 1 heterocycles. The second-order valence-electron chi connectivity index (χ2n) is 6.22. The van der Waals surface area contributed by atoms with Gasteiger partial charge < -0.3 is 14.8 Å². The van der Waals surface area contributed by atoms with E-state index in [-0.39, 0.29) is 5.41 Å². The maximum atomic E-state index is 6.03. The van der Waals surface area contributed by atoms with Crippen LogP contribution in [-0.2, 0) is 5.41 Å². The topological polar surface area (TPSA) is 30.5 Å². The number of nitrogens with one attached hydrogen (secondary N) is 1. The minimum atomic E-state index is 0.145. The number of ether oxygens (including phenoxy) is 2. The standard InChI is InChI=1S/C16H22BrNO2/c1-4-18-11-9-16(2,3)14-10(17)8-12-15(13(11)14)20-7-5-6-19-12/h8,11,18H,4-7,9H2,1-3H3. The van der Waals surface area contributed by atoms with Gasteiger partial charge in [-0.3, -0.25) is 0 Å². The molecule has 110 valence electrons. The highest BCUT2D eigenvalue weighted by Crippen LogP contribution is 2.54. The zero-order valence-electron chi connectivity index (χ0n) is 12.4. The van der Waals surface area contributed by atoms with Crippen molar-refractivity contribution >= 4 is 15.9 Å². The summed E-state index contributed by atoms with van der Waals surface area (Å²) in [6, 6.07) is 2.42. The average Bonchev–Trinajstić information content (AvgIpc) is 2.53. The van der Waals surface area contributed by atoms with Crippen LogP contribution in [0.5, 0.6) is 11.5 Å². The van der Waals surface area contributed by atoms with Crippen LogP contribution >= 0.6 is 15.9 Å². The third kappa shape index (κ3) is 2.23. The van der Waals surface area contributed by atoms with Crippen molar-refractivity contribution in [3.63, 3.8) is 0 Å². The lowest BCUT2D eigenvalue weighted by Gasteiger charge is -2.21. The second-order valence-corrected chi connectivity index (χ2v) is 7.08. The molecular formula is C16H22BrNO2. The minimum Gasteiger partial charge on any atom is -0.490 e. The molecule has 4 heteroatoms. The van der Waals surface area contributed by atoms with Crippen molar-refractivity contribution in [1.82, 2.24) is 5.32 Å². The van der Waals surface area contributed by atoms with Crippen LogP contribution in [0.25, 0.3) is 0 Å². The van der Waals surface area contributed by atoms with Crippen molar-refractivity contribution in [2.45, 2.75) is 45.1 Å². The third-order valence-electron chi connectivity index (χ3n) is 4.22. The van der Waals surface area contributed by atoms with Gasteiger partial charge in [-0.25, -0.2) is 0 Å². The van der Waals surface area contributed by atoms with E-state index in [0.29, 0.717) is 6.04 Å². The van der Waals surface area contributed by atoms with E-state index in [9.17, 15) is 0 Å². The van der Waals surface area contributed by atoms with Gasteiger partial charge >= 0.3 is 0 Å². The summed E-state index contributed by atoms with van der Waals surface area (Å²) >= 11 is 3.74. The molecule has 3 nitrogen and oxygen atoms in total. The molecule has 0 saturated carbocycles. The maximum Gasteiger partial charge on any atom is 0.166 e. The van der Waals surface area contributed by atoms with Gasteiger partial charge in [0.1, 0.15) is 0 Å². The van der Waals surface area contributed by atoms with E-state index in [1.54, 1.807) is 0 Å². The molecule has 0 amide bonds. The van der Waals surface area contributed by atoms with Gasteiger partial charge in [0.05, 0.1) is 13.2 Å². The van der Waals surface area contributed by atoms with E-state index in [1.807, 2.05) is 0 Å². The van der Waals surface area contributed by atoms with Crippen LogP contribution in [0.3, 0.4) is 0 Å². The van der Waals surface area contributed by atoms with Crippen molar-refractivity contribution in [2.24, 2.45) is 0 Å². The van der Waals surface area contributed by atoms with E-state index in [1.165, 1.54) is 11.1 Å². The molecular weight excluding hydrogens is 318 g/mol. The van der Waals surface area contributed by atoms with Gasteiger partial charge in [0.15, 0.2) is 11.5 Å². The highest BCUT2D eigenvalue weighted by molar-refractivity contribution is 9.10. The Bertz CT molecular complexity index is 528. The van der Waals surface area contributed by atoms with Crippen molar-refractivity contribution in [2.75, 3.05) is 19.8 Å². The van der Waals surface area contributed by atoms with Crippen LogP contribution in [0.4, 0.5) is 0 Å². The molecule has 0 spiro atoms. The summed E-state index contributed by atoms with van der Waals surface area (Å²) in [7, 11) is 0. The Labute approximate surface area is 129 Å². The fourth-order valence-corrected chi connectivity index (χ4v) is 4.41. The SMILES string of the molecule is CCNC1CC(C)(C)c2c(Br)cc3c(c21)OCCCO3. The summed E-state index contributed by atoms with van der Waals surface area (Å²) in [5.41, 5.74) is 2.81. The molecule has 1 N–H and O–H groups in total. The van der Waals surface area contributed by atoms with Crippen LogP contribution in [0, 0.1) is 0 Å². The van der Waals surface area contributed by atoms with Crippen molar-refractivity contribution in [3.8, 4) is 11.5 Å². The largest absolute Gasteiger partial charge is 0.490 e. The number of halogens is 1. The molecule has 0 fully saturated rings. The lowest BCUT2D eigenvalue weighted by Crippen LogP contribution is -2.21. The van der Waals surface area contributed by atoms with Gasteiger partial charge in [0.2, 0.25) is 0 Å². The molecule has 0 aromatic heterocycles. The number of hydrogen-bond donors (Lipinski definition) is 1. The Morgan fingerprint density at radius 3 is 2.85 bits per heavy atom. The van der Waals surface area contributed by atoms with E-state index in [4.69, 9.17) is 9.47 Å². The first-order valence-corrected chi connectivity index (χ1v) is 8.19. The molecule has 20 heavy (non-hydrogen) atoms. The summed E-state index contributed by atoms with van der Waals surface area (Å²) < 4.78 is 13.0. The quantitative estimate of drug-likeness (QED) is 0.885. The molecule has 0 bridgehead atoms. The molecule has 1 aromatic rings. The molecule has 0 saturated heterocycles. The second kappa shape index (κ2) is 5.23. The van der Waals surface area contributed by atoms with Crippen molar-refractivity contribution < 1.29 is 9.47 Å². The number of hydrogen-bond acceptors (Lipinski definition) is 3. The molecule has 1 aliphatic heterocycles. The predicted molar refractivity (Wildman–Crippen MR) is 83.8 cm³/mol. The van der Waals surface area contributed by atoms with Gasteiger partial charge in [0, 0.05) is 22.5 Å². The number of fused-ring (bicyclic) bond motifs is 3. The van der Waals surface area contributed by atoms with E-state index in [0.717, 1.165) is 48.6 Å². The zero-order valence-corrected chi connectivity index (χ0v) is 14.0. The van der Waals surface area contributed by atoms with Gasteiger partial charge in [-0.15, -0.1) is 0 Å². The zero-order chi connectivity index (χ0) is 14.3. The van der Waals surface area contributed by atoms with Crippen LogP contribution in [0.1, 0.15) is 50.8 Å². The molecule has 2 aliphatic rings. The Morgan fingerprint density at radius 2 is 2.10 bits per heavy atom. The lowest BCUT2D eigenvalue weighted by molar-refractivity contribution is 0.295.